The summed E-state index contributed by atoms with van der Waals surface area (Å²) in [6.07, 6.45) is 5.30. The number of rotatable bonds is 7. The largest absolute Gasteiger partial charge is 0.395 e. The van der Waals surface area contributed by atoms with Gasteiger partial charge < -0.3 is 15.7 Å². The second-order valence-corrected chi connectivity index (χ2v) is 3.41. The lowest BCUT2D eigenvalue weighted by atomic mass is 9.93. The molecule has 0 aliphatic heterocycles. The molecule has 1 rings (SSSR count). The van der Waals surface area contributed by atoms with E-state index < -0.39 is 0 Å². The third-order valence-corrected chi connectivity index (χ3v) is 2.36. The SMILES string of the molecule is OCCNCCCNC1CCC1. The maximum Gasteiger partial charge on any atom is 0.0555 e. The highest BCUT2D eigenvalue weighted by Gasteiger charge is 2.15. The molecule has 0 atom stereocenters. The maximum absolute atomic E-state index is 8.48. The highest BCUT2D eigenvalue weighted by Crippen LogP contribution is 2.17. The van der Waals surface area contributed by atoms with Gasteiger partial charge in [-0.3, -0.25) is 0 Å². The first-order valence-corrected chi connectivity index (χ1v) is 4.98. The molecular weight excluding hydrogens is 152 g/mol. The Morgan fingerprint density at radius 2 is 2.00 bits per heavy atom. The van der Waals surface area contributed by atoms with E-state index in [1.807, 2.05) is 0 Å². The van der Waals surface area contributed by atoms with Crippen LogP contribution in [0.25, 0.3) is 0 Å². The maximum atomic E-state index is 8.48. The van der Waals surface area contributed by atoms with Crippen molar-refractivity contribution in [1.82, 2.24) is 10.6 Å². The number of aliphatic hydroxyl groups excluding tert-OH is 1. The highest BCUT2D eigenvalue weighted by molar-refractivity contribution is 4.75. The number of hydrogen-bond acceptors (Lipinski definition) is 3. The average Bonchev–Trinajstić information content (AvgIpc) is 2.00. The minimum atomic E-state index is 0.246. The van der Waals surface area contributed by atoms with Crippen molar-refractivity contribution in [2.75, 3.05) is 26.2 Å². The van der Waals surface area contributed by atoms with Crippen molar-refractivity contribution in [3.63, 3.8) is 0 Å². The van der Waals surface area contributed by atoms with Gasteiger partial charge in [0.1, 0.15) is 0 Å². The predicted molar refractivity (Wildman–Crippen MR) is 50.2 cm³/mol. The van der Waals surface area contributed by atoms with Gasteiger partial charge in [0.2, 0.25) is 0 Å². The molecule has 0 aromatic heterocycles. The molecule has 1 aliphatic rings. The minimum absolute atomic E-state index is 0.246. The first-order valence-electron chi connectivity index (χ1n) is 4.98. The number of hydrogen-bond donors (Lipinski definition) is 3. The third kappa shape index (κ3) is 4.04. The normalized spacial score (nSPS) is 17.8. The van der Waals surface area contributed by atoms with E-state index >= 15 is 0 Å². The van der Waals surface area contributed by atoms with Crippen LogP contribution in [0.2, 0.25) is 0 Å². The molecule has 0 aromatic carbocycles. The fraction of sp³-hybridized carbons (Fsp3) is 1.00. The fourth-order valence-electron chi connectivity index (χ4n) is 1.34. The zero-order chi connectivity index (χ0) is 8.65. The van der Waals surface area contributed by atoms with Gasteiger partial charge in [0.15, 0.2) is 0 Å². The van der Waals surface area contributed by atoms with Crippen molar-refractivity contribution in [1.29, 1.82) is 0 Å². The van der Waals surface area contributed by atoms with E-state index in [0.29, 0.717) is 0 Å². The molecular formula is C9H20N2O. The van der Waals surface area contributed by atoms with Gasteiger partial charge in [-0.2, -0.15) is 0 Å². The van der Waals surface area contributed by atoms with E-state index in [0.717, 1.165) is 32.1 Å². The average molecular weight is 172 g/mol. The van der Waals surface area contributed by atoms with E-state index in [-0.39, 0.29) is 6.61 Å². The molecule has 1 saturated carbocycles. The first kappa shape index (κ1) is 9.96. The summed E-state index contributed by atoms with van der Waals surface area (Å²) in [6, 6.07) is 0.808. The second kappa shape index (κ2) is 6.40. The summed E-state index contributed by atoms with van der Waals surface area (Å²) in [5.41, 5.74) is 0. The molecule has 1 fully saturated rings. The van der Waals surface area contributed by atoms with Crippen LogP contribution in [0.15, 0.2) is 0 Å². The van der Waals surface area contributed by atoms with Crippen LogP contribution >= 0.6 is 0 Å². The van der Waals surface area contributed by atoms with Crippen LogP contribution in [0.3, 0.4) is 0 Å². The van der Waals surface area contributed by atoms with Crippen molar-refractivity contribution in [3.8, 4) is 0 Å². The van der Waals surface area contributed by atoms with E-state index in [4.69, 9.17) is 5.11 Å². The van der Waals surface area contributed by atoms with Crippen molar-refractivity contribution >= 4 is 0 Å². The molecule has 12 heavy (non-hydrogen) atoms. The smallest absolute Gasteiger partial charge is 0.0555 e. The Balaban J connectivity index is 1.70. The number of nitrogens with one attached hydrogen (secondary N) is 2. The molecule has 0 spiro atoms. The molecule has 0 bridgehead atoms. The van der Waals surface area contributed by atoms with E-state index in [1.165, 1.54) is 19.3 Å². The Bertz CT molecular complexity index is 105. The monoisotopic (exact) mass is 172 g/mol. The summed E-state index contributed by atoms with van der Waals surface area (Å²) in [5, 5.41) is 15.1. The van der Waals surface area contributed by atoms with Crippen LogP contribution in [-0.4, -0.2) is 37.4 Å². The molecule has 3 N–H and O–H groups in total. The molecule has 0 saturated heterocycles. The van der Waals surface area contributed by atoms with E-state index in [9.17, 15) is 0 Å². The van der Waals surface area contributed by atoms with Crippen LogP contribution in [0.4, 0.5) is 0 Å². The molecule has 0 unspecified atom stereocenters. The molecule has 3 heteroatoms. The molecule has 3 nitrogen and oxygen atoms in total. The molecule has 0 aromatic rings. The highest BCUT2D eigenvalue weighted by atomic mass is 16.3. The lowest BCUT2D eigenvalue weighted by Gasteiger charge is -2.26. The Hall–Kier alpha value is -0.120. The zero-order valence-corrected chi connectivity index (χ0v) is 7.68. The minimum Gasteiger partial charge on any atom is -0.395 e. The van der Waals surface area contributed by atoms with Gasteiger partial charge in [-0.05, 0) is 32.4 Å². The van der Waals surface area contributed by atoms with Crippen LogP contribution in [0.5, 0.6) is 0 Å². The van der Waals surface area contributed by atoms with Crippen LogP contribution in [-0.2, 0) is 0 Å². The Kier molecular flexibility index (Phi) is 5.32. The molecule has 0 radical (unpaired) electrons. The predicted octanol–water partition coefficient (Wildman–Crippen LogP) is 0.100. The van der Waals surface area contributed by atoms with Crippen LogP contribution in [0.1, 0.15) is 25.7 Å². The van der Waals surface area contributed by atoms with Gasteiger partial charge in [-0.15, -0.1) is 0 Å². The molecule has 0 amide bonds. The topological polar surface area (TPSA) is 44.3 Å². The summed E-state index contributed by atoms with van der Waals surface area (Å²) in [7, 11) is 0. The lowest BCUT2D eigenvalue weighted by Crippen LogP contribution is -2.36. The van der Waals surface area contributed by atoms with E-state index in [2.05, 4.69) is 10.6 Å². The van der Waals surface area contributed by atoms with Gasteiger partial charge in [-0.1, -0.05) is 6.42 Å². The van der Waals surface area contributed by atoms with Gasteiger partial charge in [0, 0.05) is 12.6 Å². The zero-order valence-electron chi connectivity index (χ0n) is 7.68. The standard InChI is InChI=1S/C9H20N2O/c12-8-7-10-5-2-6-11-9-3-1-4-9/h9-12H,1-8H2. The van der Waals surface area contributed by atoms with Gasteiger partial charge in [-0.25, -0.2) is 0 Å². The quantitative estimate of drug-likeness (QED) is 0.477. The molecule has 0 heterocycles. The first-order chi connectivity index (χ1) is 5.93. The molecule has 1 aliphatic carbocycles. The van der Waals surface area contributed by atoms with E-state index in [1.54, 1.807) is 0 Å². The summed E-state index contributed by atoms with van der Waals surface area (Å²) in [5.74, 6) is 0. The summed E-state index contributed by atoms with van der Waals surface area (Å²) < 4.78 is 0. The molecule has 72 valence electrons. The fourth-order valence-corrected chi connectivity index (χ4v) is 1.34. The Morgan fingerprint density at radius 3 is 2.58 bits per heavy atom. The van der Waals surface area contributed by atoms with Gasteiger partial charge in [0.25, 0.3) is 0 Å². The lowest BCUT2D eigenvalue weighted by molar-refractivity contribution is 0.291. The van der Waals surface area contributed by atoms with Crippen molar-refractivity contribution in [2.45, 2.75) is 31.7 Å². The van der Waals surface area contributed by atoms with Crippen molar-refractivity contribution in [3.05, 3.63) is 0 Å². The van der Waals surface area contributed by atoms with Gasteiger partial charge in [0.05, 0.1) is 6.61 Å². The number of aliphatic hydroxyl groups is 1. The van der Waals surface area contributed by atoms with Crippen molar-refractivity contribution < 1.29 is 5.11 Å². The Labute approximate surface area is 74.5 Å². The Morgan fingerprint density at radius 1 is 1.17 bits per heavy atom. The third-order valence-electron chi connectivity index (χ3n) is 2.36. The van der Waals surface area contributed by atoms with Gasteiger partial charge >= 0.3 is 0 Å². The van der Waals surface area contributed by atoms with Crippen molar-refractivity contribution in [2.24, 2.45) is 0 Å². The van der Waals surface area contributed by atoms with Crippen LogP contribution in [0, 0.1) is 0 Å². The summed E-state index contributed by atoms with van der Waals surface area (Å²) >= 11 is 0. The second-order valence-electron chi connectivity index (χ2n) is 3.41. The van der Waals surface area contributed by atoms with Crippen LogP contribution < -0.4 is 10.6 Å². The summed E-state index contributed by atoms with van der Waals surface area (Å²) in [4.78, 5) is 0. The summed E-state index contributed by atoms with van der Waals surface area (Å²) in [6.45, 7) is 3.10.